The van der Waals surface area contributed by atoms with E-state index in [9.17, 15) is 4.79 Å². The number of carboxylic acids is 1. The van der Waals surface area contributed by atoms with E-state index < -0.39 is 5.97 Å². The molecule has 0 spiro atoms. The predicted molar refractivity (Wildman–Crippen MR) is 59.4 cm³/mol. The molecule has 2 aromatic rings. The average molecular weight is 235 g/mol. The molecular weight excluding hydrogens is 228 g/mol. The largest absolute Gasteiger partial charge is 0.476 e. The fourth-order valence-electron chi connectivity index (χ4n) is 1.26. The van der Waals surface area contributed by atoms with Gasteiger partial charge in [0.2, 0.25) is 0 Å². The number of hydrogen-bond acceptors (Lipinski definition) is 3. The van der Waals surface area contributed by atoms with E-state index >= 15 is 0 Å². The minimum atomic E-state index is -1.12. The van der Waals surface area contributed by atoms with E-state index in [0.29, 0.717) is 5.69 Å². The predicted octanol–water partition coefficient (Wildman–Crippen LogP) is 2.50. The zero-order valence-electron chi connectivity index (χ0n) is 8.09. The van der Waals surface area contributed by atoms with E-state index in [2.05, 4.69) is 9.97 Å². The number of carbonyl (C=O) groups is 1. The summed E-state index contributed by atoms with van der Waals surface area (Å²) in [6.07, 6.45) is 1.14. The third-order valence-electron chi connectivity index (χ3n) is 1.99. The summed E-state index contributed by atoms with van der Waals surface area (Å²) < 4.78 is 0. The molecule has 16 heavy (non-hydrogen) atoms. The molecule has 4 nitrogen and oxygen atoms in total. The number of carboxylic acid groups (broad SMARTS) is 1. The van der Waals surface area contributed by atoms with Crippen LogP contribution in [0.4, 0.5) is 0 Å². The Kier molecular flexibility index (Phi) is 2.83. The Labute approximate surface area is 96.6 Å². The second-order valence-corrected chi connectivity index (χ2v) is 3.42. The van der Waals surface area contributed by atoms with Crippen LogP contribution in [0.25, 0.3) is 11.3 Å². The maximum absolute atomic E-state index is 10.8. The van der Waals surface area contributed by atoms with Crippen LogP contribution < -0.4 is 0 Å². The summed E-state index contributed by atoms with van der Waals surface area (Å²) in [5.74, 6) is -1.12. The van der Waals surface area contributed by atoms with Gasteiger partial charge < -0.3 is 5.11 Å². The Balaban J connectivity index is 2.56. The summed E-state index contributed by atoms with van der Waals surface area (Å²) in [5, 5.41) is 8.99. The van der Waals surface area contributed by atoms with Crippen molar-refractivity contribution < 1.29 is 9.90 Å². The number of hydrogen-bond donors (Lipinski definition) is 1. The van der Waals surface area contributed by atoms with Gasteiger partial charge in [-0.25, -0.2) is 14.8 Å². The zero-order chi connectivity index (χ0) is 11.5. The molecule has 0 aliphatic carbocycles. The van der Waals surface area contributed by atoms with Crippen molar-refractivity contribution >= 4 is 17.6 Å². The van der Waals surface area contributed by atoms with Gasteiger partial charge in [-0.15, -0.1) is 0 Å². The van der Waals surface area contributed by atoms with Gasteiger partial charge in [-0.1, -0.05) is 41.9 Å². The van der Waals surface area contributed by atoms with Crippen molar-refractivity contribution in [3.8, 4) is 11.3 Å². The molecule has 1 heterocycles. The van der Waals surface area contributed by atoms with E-state index in [1.807, 2.05) is 18.2 Å². The van der Waals surface area contributed by atoms with E-state index in [1.165, 1.54) is 0 Å². The lowest BCUT2D eigenvalue weighted by molar-refractivity contribution is 0.0690. The van der Waals surface area contributed by atoms with Crippen molar-refractivity contribution in [3.05, 3.63) is 47.4 Å². The van der Waals surface area contributed by atoms with Crippen LogP contribution in [0.5, 0.6) is 0 Å². The minimum absolute atomic E-state index is 0.122. The molecule has 5 heteroatoms. The fraction of sp³-hybridized carbons (Fsp3) is 0. The van der Waals surface area contributed by atoms with Crippen molar-refractivity contribution in [1.29, 1.82) is 0 Å². The van der Waals surface area contributed by atoms with Gasteiger partial charge in [-0.3, -0.25) is 0 Å². The molecule has 1 N–H and O–H groups in total. The van der Waals surface area contributed by atoms with E-state index in [1.54, 1.807) is 12.1 Å². The van der Waals surface area contributed by atoms with Crippen molar-refractivity contribution in [1.82, 2.24) is 9.97 Å². The van der Waals surface area contributed by atoms with Gasteiger partial charge in [0.05, 0.1) is 6.20 Å². The van der Waals surface area contributed by atoms with Gasteiger partial charge in [0, 0.05) is 5.56 Å². The van der Waals surface area contributed by atoms with Gasteiger partial charge in [-0.2, -0.15) is 0 Å². The first-order valence-electron chi connectivity index (χ1n) is 4.50. The van der Waals surface area contributed by atoms with Gasteiger partial charge in [0.15, 0.2) is 10.8 Å². The average Bonchev–Trinajstić information content (AvgIpc) is 2.30. The molecule has 0 unspecified atom stereocenters. The Bertz CT molecular complexity index is 529. The minimum Gasteiger partial charge on any atom is -0.476 e. The smallest absolute Gasteiger partial charge is 0.356 e. The maximum atomic E-state index is 10.8. The summed E-state index contributed by atoms with van der Waals surface area (Å²) in [6.45, 7) is 0. The van der Waals surface area contributed by atoms with Crippen molar-refractivity contribution in [2.75, 3.05) is 0 Å². The lowest BCUT2D eigenvalue weighted by Crippen LogP contribution is -2.02. The molecule has 0 bridgehead atoms. The van der Waals surface area contributed by atoms with Crippen LogP contribution in [-0.4, -0.2) is 21.0 Å². The molecule has 1 aromatic carbocycles. The highest BCUT2D eigenvalue weighted by molar-refractivity contribution is 6.31. The summed E-state index contributed by atoms with van der Waals surface area (Å²) in [6, 6.07) is 9.08. The standard InChI is InChI=1S/C11H7ClN2O2/c12-10-9(7-4-2-1-3-5-7)14-8(6-13-10)11(15)16/h1-6H,(H,15,16). The van der Waals surface area contributed by atoms with Crippen LogP contribution >= 0.6 is 11.6 Å². The highest BCUT2D eigenvalue weighted by Gasteiger charge is 2.11. The van der Waals surface area contributed by atoms with Gasteiger partial charge in [0.1, 0.15) is 5.69 Å². The number of aromatic nitrogens is 2. The zero-order valence-corrected chi connectivity index (χ0v) is 8.85. The topological polar surface area (TPSA) is 63.1 Å². The molecular formula is C11H7ClN2O2. The molecule has 2 rings (SSSR count). The van der Waals surface area contributed by atoms with Crippen LogP contribution in [0.15, 0.2) is 36.5 Å². The SMILES string of the molecule is O=C(O)c1cnc(Cl)c(-c2ccccc2)n1. The number of aromatic carboxylic acids is 1. The normalized spacial score (nSPS) is 10.1. The molecule has 0 saturated heterocycles. The van der Waals surface area contributed by atoms with Gasteiger partial charge in [-0.05, 0) is 0 Å². The summed E-state index contributed by atoms with van der Waals surface area (Å²) in [4.78, 5) is 18.5. The first-order valence-corrected chi connectivity index (χ1v) is 4.87. The fourth-order valence-corrected chi connectivity index (χ4v) is 1.46. The summed E-state index contributed by atoms with van der Waals surface area (Å²) in [7, 11) is 0. The molecule has 0 fully saturated rings. The maximum Gasteiger partial charge on any atom is 0.356 e. The Hall–Kier alpha value is -1.94. The van der Waals surface area contributed by atoms with E-state index in [0.717, 1.165) is 11.8 Å². The molecule has 80 valence electrons. The highest BCUT2D eigenvalue weighted by atomic mass is 35.5. The Morgan fingerprint density at radius 3 is 2.56 bits per heavy atom. The lowest BCUT2D eigenvalue weighted by Gasteiger charge is -2.03. The number of benzene rings is 1. The lowest BCUT2D eigenvalue weighted by atomic mass is 10.1. The van der Waals surface area contributed by atoms with Crippen LogP contribution in [0.3, 0.4) is 0 Å². The molecule has 0 radical (unpaired) electrons. The Morgan fingerprint density at radius 2 is 1.94 bits per heavy atom. The van der Waals surface area contributed by atoms with E-state index in [-0.39, 0.29) is 10.8 Å². The third-order valence-corrected chi connectivity index (χ3v) is 2.27. The number of halogens is 1. The van der Waals surface area contributed by atoms with Crippen molar-refractivity contribution in [2.45, 2.75) is 0 Å². The summed E-state index contributed by atoms with van der Waals surface area (Å²) >= 11 is 5.87. The molecule has 0 atom stereocenters. The highest BCUT2D eigenvalue weighted by Crippen LogP contribution is 2.23. The van der Waals surface area contributed by atoms with Gasteiger partial charge in [0.25, 0.3) is 0 Å². The van der Waals surface area contributed by atoms with Crippen LogP contribution in [0.2, 0.25) is 5.15 Å². The molecule has 1 aromatic heterocycles. The first-order chi connectivity index (χ1) is 7.68. The third kappa shape index (κ3) is 2.01. The molecule has 0 aliphatic heterocycles. The molecule has 0 amide bonds. The monoisotopic (exact) mass is 234 g/mol. The second-order valence-electron chi connectivity index (χ2n) is 3.07. The van der Waals surface area contributed by atoms with Crippen molar-refractivity contribution in [3.63, 3.8) is 0 Å². The molecule has 0 aliphatic rings. The number of nitrogens with zero attached hydrogens (tertiary/aromatic N) is 2. The van der Waals surface area contributed by atoms with Crippen LogP contribution in [0.1, 0.15) is 10.5 Å². The first kappa shape index (κ1) is 10.6. The van der Waals surface area contributed by atoms with Crippen LogP contribution in [-0.2, 0) is 0 Å². The van der Waals surface area contributed by atoms with E-state index in [4.69, 9.17) is 16.7 Å². The summed E-state index contributed by atoms with van der Waals surface area (Å²) in [5.41, 5.74) is 0.994. The van der Waals surface area contributed by atoms with Gasteiger partial charge >= 0.3 is 5.97 Å². The van der Waals surface area contributed by atoms with Crippen LogP contribution in [0, 0.1) is 0 Å². The Morgan fingerprint density at radius 1 is 1.25 bits per heavy atom. The quantitative estimate of drug-likeness (QED) is 0.867. The molecule has 0 saturated carbocycles. The second kappa shape index (κ2) is 4.28. The van der Waals surface area contributed by atoms with Crippen molar-refractivity contribution in [2.24, 2.45) is 0 Å². The number of rotatable bonds is 2.